The SMILES string of the molecule is C=CC(=O)N[C@H]1CC[C@@H](n2cc3ccc(-c4ccccc4C(F)(F)F)cc3n2)CC1. The van der Waals surface area contributed by atoms with Crippen molar-refractivity contribution in [3.05, 3.63) is 66.9 Å². The molecule has 1 aromatic heterocycles. The molecule has 0 unspecified atom stereocenters. The summed E-state index contributed by atoms with van der Waals surface area (Å²) in [5, 5.41) is 8.47. The number of hydrogen-bond donors (Lipinski definition) is 1. The molecule has 0 atom stereocenters. The van der Waals surface area contributed by atoms with Gasteiger partial charge < -0.3 is 5.32 Å². The van der Waals surface area contributed by atoms with Crippen molar-refractivity contribution in [2.45, 2.75) is 43.9 Å². The molecule has 0 saturated heterocycles. The number of alkyl halides is 3. The van der Waals surface area contributed by atoms with Crippen LogP contribution in [0, 0.1) is 0 Å². The van der Waals surface area contributed by atoms with Gasteiger partial charge in [0.2, 0.25) is 5.91 Å². The Balaban J connectivity index is 1.56. The lowest BCUT2D eigenvalue weighted by molar-refractivity contribution is -0.137. The number of carbonyl (C=O) groups excluding carboxylic acids is 1. The number of amides is 1. The molecule has 4 nitrogen and oxygen atoms in total. The number of nitrogens with zero attached hydrogens (tertiary/aromatic N) is 2. The fourth-order valence-corrected chi connectivity index (χ4v) is 4.12. The predicted molar refractivity (Wildman–Crippen MR) is 110 cm³/mol. The normalized spacial score (nSPS) is 19.6. The zero-order valence-corrected chi connectivity index (χ0v) is 16.3. The van der Waals surface area contributed by atoms with Crippen LogP contribution in [-0.4, -0.2) is 21.7 Å². The van der Waals surface area contributed by atoms with Gasteiger partial charge in [-0.15, -0.1) is 0 Å². The van der Waals surface area contributed by atoms with Crippen molar-refractivity contribution >= 4 is 16.8 Å². The first-order valence-corrected chi connectivity index (χ1v) is 9.93. The van der Waals surface area contributed by atoms with E-state index in [2.05, 4.69) is 17.0 Å². The zero-order valence-electron chi connectivity index (χ0n) is 16.3. The average molecular weight is 413 g/mol. The van der Waals surface area contributed by atoms with Crippen LogP contribution in [0.5, 0.6) is 0 Å². The van der Waals surface area contributed by atoms with Crippen LogP contribution in [0.3, 0.4) is 0 Å². The molecule has 156 valence electrons. The molecule has 0 radical (unpaired) electrons. The number of benzene rings is 2. The van der Waals surface area contributed by atoms with E-state index in [0.717, 1.165) is 37.1 Å². The number of nitrogens with one attached hydrogen (secondary N) is 1. The average Bonchev–Trinajstić information content (AvgIpc) is 3.17. The molecule has 1 heterocycles. The molecule has 1 saturated carbocycles. The molecule has 1 aliphatic rings. The molecule has 1 N–H and O–H groups in total. The van der Waals surface area contributed by atoms with Crippen molar-refractivity contribution in [1.29, 1.82) is 0 Å². The second-order valence-electron chi connectivity index (χ2n) is 7.64. The van der Waals surface area contributed by atoms with Gasteiger partial charge in [-0.3, -0.25) is 9.48 Å². The number of hydrogen-bond acceptors (Lipinski definition) is 2. The maximum atomic E-state index is 13.4. The van der Waals surface area contributed by atoms with Crippen LogP contribution in [0.15, 0.2) is 61.3 Å². The van der Waals surface area contributed by atoms with Crippen LogP contribution in [0.2, 0.25) is 0 Å². The molecule has 4 rings (SSSR count). The quantitative estimate of drug-likeness (QED) is 0.574. The largest absolute Gasteiger partial charge is 0.417 e. The third-order valence-electron chi connectivity index (χ3n) is 5.67. The van der Waals surface area contributed by atoms with Crippen molar-refractivity contribution in [1.82, 2.24) is 15.1 Å². The minimum absolute atomic E-state index is 0.141. The van der Waals surface area contributed by atoms with Gasteiger partial charge in [0, 0.05) is 17.6 Å². The van der Waals surface area contributed by atoms with Gasteiger partial charge in [-0.1, -0.05) is 36.9 Å². The fourth-order valence-electron chi connectivity index (χ4n) is 4.12. The number of aromatic nitrogens is 2. The zero-order chi connectivity index (χ0) is 21.3. The molecule has 7 heteroatoms. The lowest BCUT2D eigenvalue weighted by Gasteiger charge is -2.28. The molecule has 1 fully saturated rings. The highest BCUT2D eigenvalue weighted by Crippen LogP contribution is 2.38. The molecular formula is C23H22F3N3O. The van der Waals surface area contributed by atoms with Crippen LogP contribution in [-0.2, 0) is 11.0 Å². The van der Waals surface area contributed by atoms with Gasteiger partial charge in [-0.2, -0.15) is 18.3 Å². The monoisotopic (exact) mass is 413 g/mol. The van der Waals surface area contributed by atoms with E-state index in [4.69, 9.17) is 0 Å². The van der Waals surface area contributed by atoms with Gasteiger partial charge in [0.1, 0.15) is 0 Å². The molecule has 1 amide bonds. The molecule has 3 aromatic rings. The van der Waals surface area contributed by atoms with Crippen molar-refractivity contribution in [2.75, 3.05) is 0 Å². The first kappa shape index (κ1) is 20.2. The minimum Gasteiger partial charge on any atom is -0.350 e. The molecular weight excluding hydrogens is 391 g/mol. The molecule has 2 aromatic carbocycles. The van der Waals surface area contributed by atoms with Crippen molar-refractivity contribution in [3.8, 4) is 11.1 Å². The molecule has 0 bridgehead atoms. The second kappa shape index (κ2) is 7.97. The van der Waals surface area contributed by atoms with Gasteiger partial charge in [0.15, 0.2) is 0 Å². The summed E-state index contributed by atoms with van der Waals surface area (Å²) < 4.78 is 42.0. The van der Waals surface area contributed by atoms with Crippen molar-refractivity contribution in [2.24, 2.45) is 0 Å². The van der Waals surface area contributed by atoms with Crippen LogP contribution < -0.4 is 5.32 Å². The van der Waals surface area contributed by atoms with Crippen molar-refractivity contribution in [3.63, 3.8) is 0 Å². The summed E-state index contributed by atoms with van der Waals surface area (Å²) >= 11 is 0. The first-order valence-electron chi connectivity index (χ1n) is 9.93. The van der Waals surface area contributed by atoms with Gasteiger partial charge in [-0.05, 0) is 55.0 Å². The molecule has 0 aliphatic heterocycles. The minimum atomic E-state index is -4.41. The summed E-state index contributed by atoms with van der Waals surface area (Å²) in [4.78, 5) is 11.5. The third kappa shape index (κ3) is 4.10. The summed E-state index contributed by atoms with van der Waals surface area (Å²) in [6.07, 6.45) is 2.27. The number of halogens is 3. The van der Waals surface area contributed by atoms with E-state index in [-0.39, 0.29) is 23.6 Å². The van der Waals surface area contributed by atoms with E-state index in [9.17, 15) is 18.0 Å². The summed E-state index contributed by atoms with van der Waals surface area (Å²) in [6, 6.07) is 11.2. The summed E-state index contributed by atoms with van der Waals surface area (Å²) in [5.74, 6) is -0.157. The van der Waals surface area contributed by atoms with Gasteiger partial charge in [-0.25, -0.2) is 0 Å². The predicted octanol–water partition coefficient (Wildman–Crippen LogP) is 5.51. The third-order valence-corrected chi connectivity index (χ3v) is 5.67. The van der Waals surface area contributed by atoms with E-state index in [1.165, 1.54) is 18.2 Å². The lowest BCUT2D eigenvalue weighted by Crippen LogP contribution is -2.37. The maximum absolute atomic E-state index is 13.4. The van der Waals surface area contributed by atoms with E-state index in [0.29, 0.717) is 11.1 Å². The van der Waals surface area contributed by atoms with Crippen molar-refractivity contribution < 1.29 is 18.0 Å². The van der Waals surface area contributed by atoms with E-state index in [1.54, 1.807) is 18.2 Å². The molecule has 1 aliphatic carbocycles. The number of fused-ring (bicyclic) bond motifs is 1. The van der Waals surface area contributed by atoms with Crippen LogP contribution in [0.25, 0.3) is 22.0 Å². The number of carbonyl (C=O) groups is 1. The van der Waals surface area contributed by atoms with E-state index < -0.39 is 11.7 Å². The highest BCUT2D eigenvalue weighted by Gasteiger charge is 2.33. The Morgan fingerprint density at radius 1 is 1.13 bits per heavy atom. The van der Waals surface area contributed by atoms with E-state index in [1.807, 2.05) is 16.9 Å². The summed E-state index contributed by atoms with van der Waals surface area (Å²) in [6.45, 7) is 3.47. The Hall–Kier alpha value is -3.09. The maximum Gasteiger partial charge on any atom is 0.417 e. The van der Waals surface area contributed by atoms with Gasteiger partial charge in [0.25, 0.3) is 0 Å². The Bertz CT molecular complexity index is 1080. The summed E-state index contributed by atoms with van der Waals surface area (Å²) in [5.41, 5.74) is 0.673. The number of rotatable bonds is 4. The lowest BCUT2D eigenvalue weighted by atomic mass is 9.91. The molecule has 30 heavy (non-hydrogen) atoms. The van der Waals surface area contributed by atoms with Gasteiger partial charge in [0.05, 0.1) is 17.1 Å². The first-order chi connectivity index (χ1) is 14.3. The standard InChI is InChI=1S/C23H22F3N3O/c1-2-22(30)27-17-9-11-18(12-10-17)29-14-16-8-7-15(13-21(16)28-29)19-5-3-4-6-20(19)23(24,25)26/h2-8,13-14,17-18H,1,9-12H2,(H,27,30)/t17-,18+. The topological polar surface area (TPSA) is 46.9 Å². The Morgan fingerprint density at radius 3 is 2.57 bits per heavy atom. The van der Waals surface area contributed by atoms with Crippen LogP contribution >= 0.6 is 0 Å². The highest BCUT2D eigenvalue weighted by molar-refractivity contribution is 5.87. The smallest absolute Gasteiger partial charge is 0.350 e. The summed E-state index contributed by atoms with van der Waals surface area (Å²) in [7, 11) is 0. The van der Waals surface area contributed by atoms with Crippen LogP contribution in [0.4, 0.5) is 13.2 Å². The van der Waals surface area contributed by atoms with E-state index >= 15 is 0 Å². The Labute approximate surface area is 172 Å². The highest BCUT2D eigenvalue weighted by atomic mass is 19.4. The molecule has 0 spiro atoms. The Morgan fingerprint density at radius 2 is 1.87 bits per heavy atom. The second-order valence-corrected chi connectivity index (χ2v) is 7.64. The Kier molecular flexibility index (Phi) is 5.37. The van der Waals surface area contributed by atoms with Gasteiger partial charge >= 0.3 is 6.18 Å². The van der Waals surface area contributed by atoms with Crippen LogP contribution in [0.1, 0.15) is 37.3 Å². The fraction of sp³-hybridized carbons (Fsp3) is 0.304.